The number of halogens is 3. The van der Waals surface area contributed by atoms with E-state index in [2.05, 4.69) is 20.7 Å². The lowest BCUT2D eigenvalue weighted by atomic mass is 9.84. The van der Waals surface area contributed by atoms with Gasteiger partial charge < -0.3 is 10.0 Å². The van der Waals surface area contributed by atoms with Crippen LogP contribution in [-0.2, 0) is 27.8 Å². The minimum absolute atomic E-state index is 0.00464. The Bertz CT molecular complexity index is 1390. The number of carbonyl (C=O) groups excluding carboxylic acids is 1. The van der Waals surface area contributed by atoms with Crippen molar-refractivity contribution in [1.29, 1.82) is 0 Å². The van der Waals surface area contributed by atoms with Crippen molar-refractivity contribution in [1.82, 2.24) is 4.90 Å². The monoisotopic (exact) mass is 638 g/mol. The van der Waals surface area contributed by atoms with Crippen LogP contribution in [0.4, 0.5) is 5.69 Å². The SMILES string of the molecule is O=C(Cc1ccc(NS(=O)(=O)c2ccc(Cl)c(Cl)c2)cc1)N(Cc1cccc(Br)c1)CC1(O)CCCCC1. The van der Waals surface area contributed by atoms with Gasteiger partial charge in [-0.15, -0.1) is 0 Å². The summed E-state index contributed by atoms with van der Waals surface area (Å²) in [6.45, 7) is 0.669. The Morgan fingerprint density at radius 1 is 0.947 bits per heavy atom. The van der Waals surface area contributed by atoms with Gasteiger partial charge in [0.15, 0.2) is 0 Å². The first-order valence-corrected chi connectivity index (χ1v) is 15.4. The standard InChI is InChI=1S/C28H29BrCl2N2O4S/c29-22-6-4-5-21(15-22)18-33(19-28(35)13-2-1-3-14-28)27(34)16-20-7-9-23(10-8-20)32-38(36,37)24-11-12-25(30)26(31)17-24/h4-12,15,17,32,35H,1-3,13-14,16,18-19H2. The first-order valence-electron chi connectivity index (χ1n) is 12.3. The zero-order valence-electron chi connectivity index (χ0n) is 20.7. The number of nitrogens with one attached hydrogen (secondary N) is 1. The van der Waals surface area contributed by atoms with Gasteiger partial charge >= 0.3 is 0 Å². The van der Waals surface area contributed by atoms with Gasteiger partial charge in [-0.05, 0) is 66.4 Å². The van der Waals surface area contributed by atoms with Crippen LogP contribution in [0.1, 0.15) is 43.2 Å². The highest BCUT2D eigenvalue weighted by atomic mass is 79.9. The van der Waals surface area contributed by atoms with Crippen molar-refractivity contribution in [2.24, 2.45) is 0 Å². The van der Waals surface area contributed by atoms with Crippen LogP contribution >= 0.6 is 39.1 Å². The third-order valence-corrected chi connectivity index (χ3v) is 9.26. The molecule has 0 radical (unpaired) electrons. The van der Waals surface area contributed by atoms with Crippen LogP contribution in [0.2, 0.25) is 10.0 Å². The molecule has 1 saturated carbocycles. The molecule has 38 heavy (non-hydrogen) atoms. The van der Waals surface area contributed by atoms with Gasteiger partial charge in [0.2, 0.25) is 5.91 Å². The lowest BCUT2D eigenvalue weighted by Crippen LogP contribution is -2.47. The molecular formula is C28H29BrCl2N2O4S. The van der Waals surface area contributed by atoms with Crippen LogP contribution in [0.5, 0.6) is 0 Å². The highest BCUT2D eigenvalue weighted by molar-refractivity contribution is 9.10. The zero-order chi connectivity index (χ0) is 27.3. The van der Waals surface area contributed by atoms with Crippen LogP contribution in [0, 0.1) is 0 Å². The molecule has 0 aromatic heterocycles. The second kappa shape index (κ2) is 12.4. The summed E-state index contributed by atoms with van der Waals surface area (Å²) >= 11 is 15.3. The topological polar surface area (TPSA) is 86.7 Å². The number of aliphatic hydroxyl groups is 1. The summed E-state index contributed by atoms with van der Waals surface area (Å²) < 4.78 is 28.9. The summed E-state index contributed by atoms with van der Waals surface area (Å²) in [6, 6.07) is 18.6. The van der Waals surface area contributed by atoms with Gasteiger partial charge in [-0.2, -0.15) is 0 Å². The Kier molecular flexibility index (Phi) is 9.42. The molecule has 1 aliphatic rings. The number of hydrogen-bond donors (Lipinski definition) is 2. The van der Waals surface area contributed by atoms with E-state index in [4.69, 9.17) is 23.2 Å². The Labute approximate surface area is 242 Å². The average Bonchev–Trinajstić information content (AvgIpc) is 2.86. The largest absolute Gasteiger partial charge is 0.388 e. The highest BCUT2D eigenvalue weighted by Crippen LogP contribution is 2.30. The van der Waals surface area contributed by atoms with Gasteiger partial charge in [0.1, 0.15) is 0 Å². The Hall–Kier alpha value is -2.10. The van der Waals surface area contributed by atoms with E-state index in [9.17, 15) is 18.3 Å². The van der Waals surface area contributed by atoms with Crippen LogP contribution < -0.4 is 4.72 Å². The van der Waals surface area contributed by atoms with Crippen molar-refractivity contribution in [3.05, 3.63) is 92.4 Å². The molecular weight excluding hydrogens is 611 g/mol. The molecule has 1 aliphatic carbocycles. The summed E-state index contributed by atoms with van der Waals surface area (Å²) in [5, 5.41) is 11.6. The van der Waals surface area contributed by atoms with Crippen molar-refractivity contribution in [3.63, 3.8) is 0 Å². The molecule has 3 aromatic rings. The quantitative estimate of drug-likeness (QED) is 0.269. The average molecular weight is 640 g/mol. The molecule has 0 saturated heterocycles. The number of carbonyl (C=O) groups is 1. The van der Waals surface area contributed by atoms with E-state index in [1.807, 2.05) is 24.3 Å². The molecule has 1 fully saturated rings. The summed E-state index contributed by atoms with van der Waals surface area (Å²) in [4.78, 5) is 15.2. The van der Waals surface area contributed by atoms with Crippen LogP contribution in [0.15, 0.2) is 76.1 Å². The predicted octanol–water partition coefficient (Wildman–Crippen LogP) is 6.82. The third-order valence-electron chi connectivity index (χ3n) is 6.65. The maximum absolute atomic E-state index is 13.4. The summed E-state index contributed by atoms with van der Waals surface area (Å²) in [5.41, 5.74) is 1.18. The fraction of sp³-hybridized carbons (Fsp3) is 0.321. The second-order valence-corrected chi connectivity index (χ2v) is 13.1. The van der Waals surface area contributed by atoms with E-state index in [1.54, 1.807) is 29.2 Å². The van der Waals surface area contributed by atoms with Crippen molar-refractivity contribution in [2.45, 2.75) is 55.6 Å². The summed E-state index contributed by atoms with van der Waals surface area (Å²) in [7, 11) is -3.86. The first-order chi connectivity index (χ1) is 18.0. The van der Waals surface area contributed by atoms with E-state index in [0.29, 0.717) is 25.1 Å². The number of anilines is 1. The maximum atomic E-state index is 13.4. The molecule has 3 aromatic carbocycles. The fourth-order valence-corrected chi connectivity index (χ4v) is 6.54. The van der Waals surface area contributed by atoms with Crippen molar-refractivity contribution in [2.75, 3.05) is 11.3 Å². The predicted molar refractivity (Wildman–Crippen MR) is 155 cm³/mol. The van der Waals surface area contributed by atoms with Gasteiger partial charge in [-0.1, -0.05) is 82.7 Å². The van der Waals surface area contributed by atoms with E-state index in [-0.39, 0.29) is 33.8 Å². The molecule has 0 bridgehead atoms. The lowest BCUT2D eigenvalue weighted by Gasteiger charge is -2.37. The Morgan fingerprint density at radius 3 is 2.32 bits per heavy atom. The minimum Gasteiger partial charge on any atom is -0.388 e. The van der Waals surface area contributed by atoms with Crippen LogP contribution in [-0.4, -0.2) is 36.5 Å². The number of hydrogen-bond acceptors (Lipinski definition) is 4. The van der Waals surface area contributed by atoms with Crippen molar-refractivity contribution in [3.8, 4) is 0 Å². The van der Waals surface area contributed by atoms with E-state index in [0.717, 1.165) is 34.9 Å². The molecule has 2 N–H and O–H groups in total. The van der Waals surface area contributed by atoms with Crippen molar-refractivity contribution >= 4 is 60.7 Å². The lowest BCUT2D eigenvalue weighted by molar-refractivity contribution is -0.136. The van der Waals surface area contributed by atoms with Gasteiger partial charge in [-0.25, -0.2) is 8.42 Å². The highest BCUT2D eigenvalue weighted by Gasteiger charge is 2.33. The molecule has 0 atom stereocenters. The molecule has 4 rings (SSSR count). The van der Waals surface area contributed by atoms with Gasteiger partial charge in [0.25, 0.3) is 10.0 Å². The Morgan fingerprint density at radius 2 is 1.66 bits per heavy atom. The fourth-order valence-electron chi connectivity index (χ4n) is 4.65. The molecule has 0 unspecified atom stereocenters. The number of rotatable bonds is 9. The van der Waals surface area contributed by atoms with E-state index in [1.165, 1.54) is 18.2 Å². The minimum atomic E-state index is -3.86. The van der Waals surface area contributed by atoms with Gasteiger partial charge in [0.05, 0.1) is 27.0 Å². The van der Waals surface area contributed by atoms with E-state index < -0.39 is 15.6 Å². The number of benzene rings is 3. The first kappa shape index (κ1) is 28.9. The molecule has 0 aliphatic heterocycles. The van der Waals surface area contributed by atoms with Gasteiger partial charge in [0, 0.05) is 23.2 Å². The van der Waals surface area contributed by atoms with Gasteiger partial charge in [-0.3, -0.25) is 9.52 Å². The van der Waals surface area contributed by atoms with Crippen LogP contribution in [0.3, 0.4) is 0 Å². The van der Waals surface area contributed by atoms with Crippen molar-refractivity contribution < 1.29 is 18.3 Å². The van der Waals surface area contributed by atoms with E-state index >= 15 is 0 Å². The second-order valence-electron chi connectivity index (χ2n) is 9.72. The molecule has 1 amide bonds. The number of nitrogens with zero attached hydrogens (tertiary/aromatic N) is 1. The summed E-state index contributed by atoms with van der Waals surface area (Å²) in [5.74, 6) is -0.104. The molecule has 202 valence electrons. The number of amides is 1. The molecule has 10 heteroatoms. The summed E-state index contributed by atoms with van der Waals surface area (Å²) in [6.07, 6.45) is 4.50. The molecule has 6 nitrogen and oxygen atoms in total. The molecule has 0 heterocycles. The van der Waals surface area contributed by atoms with Crippen LogP contribution in [0.25, 0.3) is 0 Å². The zero-order valence-corrected chi connectivity index (χ0v) is 24.6. The normalized spacial score (nSPS) is 15.2. The molecule has 0 spiro atoms. The smallest absolute Gasteiger partial charge is 0.261 e. The third kappa shape index (κ3) is 7.73. The Balaban J connectivity index is 1.46. The number of sulfonamides is 1. The maximum Gasteiger partial charge on any atom is 0.261 e.